The number of hydrazone groups is 1. The summed E-state index contributed by atoms with van der Waals surface area (Å²) >= 11 is 5.23. The Bertz CT molecular complexity index is 1150. The number of benzene rings is 3. The van der Waals surface area contributed by atoms with Gasteiger partial charge < -0.3 is 19.5 Å². The summed E-state index contributed by atoms with van der Waals surface area (Å²) < 4.78 is 15.9. The van der Waals surface area contributed by atoms with Crippen molar-refractivity contribution in [3.63, 3.8) is 0 Å². The number of carbonyl (C=O) groups is 1. The lowest BCUT2D eigenvalue weighted by Gasteiger charge is -2.09. The standard InChI is InChI=1S/C25H23N3O4S/c1-30-21-12-10-20(11-13-21)27-25(33)28-26-17-19-8-14-22(23(16-19)31-2)32-24(29)15-9-18-6-4-3-5-7-18/h3-17H,1-2H3,(H2,27,28,33)/b15-9+,26-17+. The zero-order valence-electron chi connectivity index (χ0n) is 18.1. The quantitative estimate of drug-likeness (QED) is 0.126. The molecule has 0 saturated carbocycles. The van der Waals surface area contributed by atoms with E-state index in [-0.39, 0.29) is 0 Å². The Labute approximate surface area is 197 Å². The van der Waals surface area contributed by atoms with E-state index < -0.39 is 5.97 Å². The van der Waals surface area contributed by atoms with Gasteiger partial charge in [-0.25, -0.2) is 4.79 Å². The molecule has 0 aliphatic heterocycles. The number of carbonyl (C=O) groups excluding carboxylic acids is 1. The van der Waals surface area contributed by atoms with Crippen LogP contribution < -0.4 is 25.0 Å². The molecule has 0 amide bonds. The van der Waals surface area contributed by atoms with Crippen LogP contribution in [0.15, 0.2) is 84.0 Å². The Kier molecular flexibility index (Phi) is 8.55. The predicted molar refractivity (Wildman–Crippen MR) is 134 cm³/mol. The van der Waals surface area contributed by atoms with E-state index in [9.17, 15) is 4.79 Å². The topological polar surface area (TPSA) is 81.2 Å². The maximum atomic E-state index is 12.1. The second-order valence-electron chi connectivity index (χ2n) is 6.63. The summed E-state index contributed by atoms with van der Waals surface area (Å²) in [5.41, 5.74) is 5.18. The monoisotopic (exact) mass is 461 g/mol. The van der Waals surface area contributed by atoms with Gasteiger partial charge in [0.1, 0.15) is 5.75 Å². The van der Waals surface area contributed by atoms with Crippen LogP contribution >= 0.6 is 12.2 Å². The molecular formula is C25H23N3O4S. The Morgan fingerprint density at radius 3 is 2.36 bits per heavy atom. The number of nitrogens with one attached hydrogen (secondary N) is 2. The number of anilines is 1. The van der Waals surface area contributed by atoms with Gasteiger partial charge in [-0.3, -0.25) is 5.43 Å². The number of methoxy groups -OCH3 is 2. The van der Waals surface area contributed by atoms with E-state index in [1.54, 1.807) is 37.6 Å². The van der Waals surface area contributed by atoms with Gasteiger partial charge in [0.2, 0.25) is 0 Å². The van der Waals surface area contributed by atoms with Crippen molar-refractivity contribution in [2.45, 2.75) is 0 Å². The molecular weight excluding hydrogens is 438 g/mol. The average Bonchev–Trinajstić information content (AvgIpc) is 2.84. The molecule has 0 heterocycles. The van der Waals surface area contributed by atoms with Gasteiger partial charge in [-0.05, 0) is 71.9 Å². The third-order valence-corrected chi connectivity index (χ3v) is 4.53. The van der Waals surface area contributed by atoms with Gasteiger partial charge in [0.05, 0.1) is 20.4 Å². The van der Waals surface area contributed by atoms with Gasteiger partial charge in [-0.2, -0.15) is 5.10 Å². The van der Waals surface area contributed by atoms with Crippen LogP contribution in [0.4, 0.5) is 5.69 Å². The molecule has 0 spiro atoms. The number of ether oxygens (including phenoxy) is 3. The van der Waals surface area contributed by atoms with Crippen LogP contribution in [0, 0.1) is 0 Å². The minimum absolute atomic E-state index is 0.307. The van der Waals surface area contributed by atoms with Crippen LogP contribution in [-0.2, 0) is 4.79 Å². The second-order valence-corrected chi connectivity index (χ2v) is 7.04. The van der Waals surface area contributed by atoms with Gasteiger partial charge >= 0.3 is 5.97 Å². The molecule has 0 saturated heterocycles. The third-order valence-electron chi connectivity index (χ3n) is 4.34. The Morgan fingerprint density at radius 2 is 1.67 bits per heavy atom. The fourth-order valence-corrected chi connectivity index (χ4v) is 2.89. The van der Waals surface area contributed by atoms with Crippen molar-refractivity contribution < 1.29 is 19.0 Å². The van der Waals surface area contributed by atoms with Gasteiger partial charge in [0, 0.05) is 11.8 Å². The molecule has 0 unspecified atom stereocenters. The molecule has 0 fully saturated rings. The van der Waals surface area contributed by atoms with Crippen molar-refractivity contribution in [1.29, 1.82) is 0 Å². The van der Waals surface area contributed by atoms with Crippen molar-refractivity contribution in [3.05, 3.63) is 90.0 Å². The van der Waals surface area contributed by atoms with Crippen molar-refractivity contribution in [1.82, 2.24) is 5.43 Å². The van der Waals surface area contributed by atoms with Crippen LogP contribution in [0.1, 0.15) is 11.1 Å². The van der Waals surface area contributed by atoms with Gasteiger partial charge in [-0.1, -0.05) is 30.3 Å². The molecule has 8 heteroatoms. The lowest BCUT2D eigenvalue weighted by atomic mass is 10.2. The summed E-state index contributed by atoms with van der Waals surface area (Å²) in [5.74, 6) is 0.962. The Balaban J connectivity index is 1.55. The van der Waals surface area contributed by atoms with Crippen LogP contribution in [0.3, 0.4) is 0 Å². The normalized spacial score (nSPS) is 10.7. The highest BCUT2D eigenvalue weighted by molar-refractivity contribution is 7.80. The van der Waals surface area contributed by atoms with Crippen LogP contribution in [0.25, 0.3) is 6.08 Å². The molecule has 3 aromatic carbocycles. The van der Waals surface area contributed by atoms with E-state index in [2.05, 4.69) is 15.8 Å². The fraction of sp³-hybridized carbons (Fsp3) is 0.0800. The van der Waals surface area contributed by atoms with Crippen molar-refractivity contribution in [2.75, 3.05) is 19.5 Å². The first-order chi connectivity index (χ1) is 16.1. The van der Waals surface area contributed by atoms with Crippen molar-refractivity contribution >= 4 is 41.3 Å². The van der Waals surface area contributed by atoms with E-state index in [0.29, 0.717) is 16.6 Å². The number of nitrogens with zero attached hydrogens (tertiary/aromatic N) is 1. The second kappa shape index (κ2) is 12.0. The van der Waals surface area contributed by atoms with Crippen molar-refractivity contribution in [2.24, 2.45) is 5.10 Å². The largest absolute Gasteiger partial charge is 0.497 e. The van der Waals surface area contributed by atoms with Crippen LogP contribution in [0.5, 0.6) is 17.2 Å². The molecule has 3 rings (SSSR count). The SMILES string of the molecule is COc1ccc(NC(=S)N/N=C/c2ccc(OC(=O)/C=C/c3ccccc3)c(OC)c2)cc1. The highest BCUT2D eigenvalue weighted by Crippen LogP contribution is 2.27. The molecule has 0 aliphatic carbocycles. The van der Waals surface area contributed by atoms with E-state index >= 15 is 0 Å². The molecule has 0 aliphatic rings. The van der Waals surface area contributed by atoms with E-state index in [4.69, 9.17) is 26.4 Å². The first-order valence-corrected chi connectivity index (χ1v) is 10.4. The van der Waals surface area contributed by atoms with E-state index in [1.807, 2.05) is 54.6 Å². The third kappa shape index (κ3) is 7.48. The van der Waals surface area contributed by atoms with Crippen LogP contribution in [-0.4, -0.2) is 31.5 Å². The molecule has 33 heavy (non-hydrogen) atoms. The maximum Gasteiger partial charge on any atom is 0.336 e. The van der Waals surface area contributed by atoms with Crippen molar-refractivity contribution in [3.8, 4) is 17.2 Å². The number of thiocarbonyl (C=S) groups is 1. The van der Waals surface area contributed by atoms with Gasteiger partial charge in [0.25, 0.3) is 0 Å². The molecule has 7 nitrogen and oxygen atoms in total. The summed E-state index contributed by atoms with van der Waals surface area (Å²) in [4.78, 5) is 12.1. The molecule has 0 bridgehead atoms. The highest BCUT2D eigenvalue weighted by Gasteiger charge is 2.09. The first-order valence-electron chi connectivity index (χ1n) is 9.94. The Morgan fingerprint density at radius 1 is 0.909 bits per heavy atom. The summed E-state index contributed by atoms with van der Waals surface area (Å²) in [6, 6.07) is 21.9. The van der Waals surface area contributed by atoms with Gasteiger partial charge in [-0.15, -0.1) is 0 Å². The maximum absolute atomic E-state index is 12.1. The summed E-state index contributed by atoms with van der Waals surface area (Å²) in [7, 11) is 3.11. The number of hydrogen-bond acceptors (Lipinski definition) is 6. The zero-order chi connectivity index (χ0) is 23.5. The smallest absolute Gasteiger partial charge is 0.336 e. The summed E-state index contributed by atoms with van der Waals surface area (Å²) in [6.07, 6.45) is 4.63. The molecule has 0 aromatic heterocycles. The first kappa shape index (κ1) is 23.5. The number of esters is 1. The van der Waals surface area contributed by atoms with Gasteiger partial charge in [0.15, 0.2) is 16.6 Å². The van der Waals surface area contributed by atoms with Crippen LogP contribution in [0.2, 0.25) is 0 Å². The lowest BCUT2D eigenvalue weighted by Crippen LogP contribution is -2.23. The fourth-order valence-electron chi connectivity index (χ4n) is 2.72. The zero-order valence-corrected chi connectivity index (χ0v) is 19.0. The molecule has 0 radical (unpaired) electrons. The average molecular weight is 462 g/mol. The number of rotatable bonds is 8. The minimum atomic E-state index is -0.504. The number of hydrogen-bond donors (Lipinski definition) is 2. The molecule has 2 N–H and O–H groups in total. The molecule has 168 valence electrons. The van der Waals surface area contributed by atoms with E-state index in [0.717, 1.165) is 22.6 Å². The molecule has 0 atom stereocenters. The Hall–Kier alpha value is -4.17. The molecule has 3 aromatic rings. The van der Waals surface area contributed by atoms with E-state index in [1.165, 1.54) is 13.2 Å². The lowest BCUT2D eigenvalue weighted by molar-refractivity contribution is -0.129. The minimum Gasteiger partial charge on any atom is -0.497 e. The predicted octanol–water partition coefficient (Wildman–Crippen LogP) is 4.64. The highest BCUT2D eigenvalue weighted by atomic mass is 32.1. The summed E-state index contributed by atoms with van der Waals surface area (Å²) in [6.45, 7) is 0. The summed E-state index contributed by atoms with van der Waals surface area (Å²) in [5, 5.41) is 7.47.